The quantitative estimate of drug-likeness (QED) is 0.228. The predicted octanol–water partition coefficient (Wildman–Crippen LogP) is 5.91. The van der Waals surface area contributed by atoms with Gasteiger partial charge in [0.05, 0.1) is 41.8 Å². The molecule has 0 atom stereocenters. The Hall–Kier alpha value is -4.27. The number of aryl methyl sites for hydroxylation is 2. The number of morpholine rings is 1. The van der Waals surface area contributed by atoms with Crippen molar-refractivity contribution in [2.45, 2.75) is 39.8 Å². The SMILES string of the molecule is CCCc1nc2c(C)cc(-c3cn(CCN4CCOCC4)cn3)cc2n1Cc1ccc(-c2ccccc2C(=O)O)cc1. The van der Waals surface area contributed by atoms with E-state index in [-0.39, 0.29) is 0 Å². The number of carboxylic acids is 1. The lowest BCUT2D eigenvalue weighted by Crippen LogP contribution is -2.38. The topological polar surface area (TPSA) is 85.4 Å². The van der Waals surface area contributed by atoms with Crippen LogP contribution in [0.3, 0.4) is 0 Å². The maximum Gasteiger partial charge on any atom is 0.336 e. The van der Waals surface area contributed by atoms with Crippen molar-refractivity contribution in [1.82, 2.24) is 24.0 Å². The van der Waals surface area contributed by atoms with Gasteiger partial charge in [-0.3, -0.25) is 4.90 Å². The number of rotatable bonds is 10. The molecule has 1 saturated heterocycles. The first kappa shape index (κ1) is 27.9. The van der Waals surface area contributed by atoms with E-state index < -0.39 is 5.97 Å². The summed E-state index contributed by atoms with van der Waals surface area (Å²) in [6.45, 7) is 10.5. The Morgan fingerprint density at radius 3 is 2.55 bits per heavy atom. The van der Waals surface area contributed by atoms with Crippen LogP contribution >= 0.6 is 0 Å². The molecule has 0 saturated carbocycles. The molecule has 1 N–H and O–H groups in total. The number of aromatic nitrogens is 4. The lowest BCUT2D eigenvalue weighted by atomic mass is 9.98. The van der Waals surface area contributed by atoms with Gasteiger partial charge in [0.1, 0.15) is 5.82 Å². The van der Waals surface area contributed by atoms with E-state index in [2.05, 4.69) is 58.3 Å². The van der Waals surface area contributed by atoms with E-state index in [4.69, 9.17) is 14.7 Å². The minimum absolute atomic E-state index is 0.308. The number of aromatic carboxylic acids is 1. The number of carboxylic acid groups (broad SMARTS) is 1. The number of nitrogens with zero attached hydrogens (tertiary/aromatic N) is 5. The Morgan fingerprint density at radius 2 is 1.79 bits per heavy atom. The zero-order chi connectivity index (χ0) is 29.1. The Labute approximate surface area is 246 Å². The molecule has 6 rings (SSSR count). The van der Waals surface area contributed by atoms with E-state index in [9.17, 15) is 9.90 Å². The van der Waals surface area contributed by atoms with Crippen LogP contribution < -0.4 is 0 Å². The van der Waals surface area contributed by atoms with Gasteiger partial charge >= 0.3 is 5.97 Å². The number of hydrogen-bond acceptors (Lipinski definition) is 5. The predicted molar refractivity (Wildman–Crippen MR) is 165 cm³/mol. The molecule has 1 fully saturated rings. The van der Waals surface area contributed by atoms with Crippen molar-refractivity contribution in [1.29, 1.82) is 0 Å². The van der Waals surface area contributed by atoms with Crippen molar-refractivity contribution in [3.05, 3.63) is 95.7 Å². The third-order valence-electron chi connectivity index (χ3n) is 8.07. The maximum absolute atomic E-state index is 11.7. The standard InChI is InChI=1S/C34H37N5O3/c1-3-6-32-36-33-24(2)19-27(30-22-38(23-35-30)14-13-37-15-17-42-18-16-37)20-31(33)39(32)21-25-9-11-26(12-10-25)28-7-4-5-8-29(28)34(40)41/h4-5,7-12,19-20,22-23H,3,6,13-18,21H2,1-2H3,(H,40,41). The molecule has 0 spiro atoms. The van der Waals surface area contributed by atoms with Crippen molar-refractivity contribution in [2.24, 2.45) is 0 Å². The number of ether oxygens (including phenoxy) is 1. The van der Waals surface area contributed by atoms with Gasteiger partial charge in [0, 0.05) is 50.9 Å². The van der Waals surface area contributed by atoms with Crippen LogP contribution in [-0.2, 0) is 24.2 Å². The largest absolute Gasteiger partial charge is 0.478 e. The molecule has 3 aromatic carbocycles. The highest BCUT2D eigenvalue weighted by atomic mass is 16.5. The fraction of sp³-hybridized carbons (Fsp3) is 0.324. The molecule has 0 amide bonds. The molecular formula is C34H37N5O3. The molecule has 216 valence electrons. The molecule has 8 heteroatoms. The molecule has 42 heavy (non-hydrogen) atoms. The monoisotopic (exact) mass is 563 g/mol. The number of fused-ring (bicyclic) bond motifs is 1. The summed E-state index contributed by atoms with van der Waals surface area (Å²) in [4.78, 5) is 24.0. The third-order valence-corrected chi connectivity index (χ3v) is 8.07. The lowest BCUT2D eigenvalue weighted by molar-refractivity contribution is 0.0364. The van der Waals surface area contributed by atoms with E-state index in [1.165, 1.54) is 0 Å². The summed E-state index contributed by atoms with van der Waals surface area (Å²) in [7, 11) is 0. The smallest absolute Gasteiger partial charge is 0.336 e. The number of carbonyl (C=O) groups is 1. The molecule has 1 aliphatic rings. The summed E-state index contributed by atoms with van der Waals surface area (Å²) in [5, 5.41) is 9.62. The summed E-state index contributed by atoms with van der Waals surface area (Å²) < 4.78 is 9.97. The normalized spacial score (nSPS) is 14.0. The van der Waals surface area contributed by atoms with Crippen LogP contribution in [0.4, 0.5) is 0 Å². The van der Waals surface area contributed by atoms with Gasteiger partial charge in [0.2, 0.25) is 0 Å². The summed E-state index contributed by atoms with van der Waals surface area (Å²) in [5.74, 6) is 0.154. The molecule has 2 aromatic heterocycles. The Morgan fingerprint density at radius 1 is 1.00 bits per heavy atom. The van der Waals surface area contributed by atoms with Crippen molar-refractivity contribution in [2.75, 3.05) is 32.8 Å². The molecule has 8 nitrogen and oxygen atoms in total. The fourth-order valence-electron chi connectivity index (χ4n) is 5.79. The van der Waals surface area contributed by atoms with Gasteiger partial charge in [-0.1, -0.05) is 49.4 Å². The number of imidazole rings is 2. The highest BCUT2D eigenvalue weighted by Crippen LogP contribution is 2.29. The van der Waals surface area contributed by atoms with E-state index in [0.29, 0.717) is 12.1 Å². The van der Waals surface area contributed by atoms with Crippen molar-refractivity contribution < 1.29 is 14.6 Å². The van der Waals surface area contributed by atoms with Gasteiger partial charge in [-0.05, 0) is 53.8 Å². The van der Waals surface area contributed by atoms with Gasteiger partial charge in [-0.2, -0.15) is 0 Å². The second-order valence-corrected chi connectivity index (χ2v) is 11.0. The summed E-state index contributed by atoms with van der Waals surface area (Å²) in [5.41, 5.74) is 8.40. The van der Waals surface area contributed by atoms with E-state index >= 15 is 0 Å². The molecule has 0 bridgehead atoms. The average Bonchev–Trinajstić information content (AvgIpc) is 3.63. The Bertz CT molecular complexity index is 1700. The van der Waals surface area contributed by atoms with E-state index in [1.807, 2.05) is 30.6 Å². The van der Waals surface area contributed by atoms with Crippen molar-refractivity contribution in [3.8, 4) is 22.4 Å². The first-order chi connectivity index (χ1) is 20.5. The van der Waals surface area contributed by atoms with Crippen LogP contribution in [0.2, 0.25) is 0 Å². The summed E-state index contributed by atoms with van der Waals surface area (Å²) in [6, 6.07) is 19.7. The maximum atomic E-state index is 11.7. The van der Waals surface area contributed by atoms with Gasteiger partial charge in [0.15, 0.2) is 0 Å². The van der Waals surface area contributed by atoms with Crippen LogP contribution in [0.25, 0.3) is 33.4 Å². The highest BCUT2D eigenvalue weighted by Gasteiger charge is 2.17. The Balaban J connectivity index is 1.28. The summed E-state index contributed by atoms with van der Waals surface area (Å²) >= 11 is 0. The molecule has 0 radical (unpaired) electrons. The first-order valence-corrected chi connectivity index (χ1v) is 14.7. The van der Waals surface area contributed by atoms with Gasteiger partial charge in [-0.25, -0.2) is 14.8 Å². The first-order valence-electron chi connectivity index (χ1n) is 14.7. The number of benzene rings is 3. The molecule has 1 aliphatic heterocycles. The average molecular weight is 564 g/mol. The molecule has 0 aliphatic carbocycles. The fourth-order valence-corrected chi connectivity index (χ4v) is 5.79. The van der Waals surface area contributed by atoms with Gasteiger partial charge in [0.25, 0.3) is 0 Å². The summed E-state index contributed by atoms with van der Waals surface area (Å²) in [6.07, 6.45) is 5.97. The second-order valence-electron chi connectivity index (χ2n) is 11.0. The van der Waals surface area contributed by atoms with Crippen LogP contribution in [0, 0.1) is 6.92 Å². The van der Waals surface area contributed by atoms with Crippen LogP contribution in [0.5, 0.6) is 0 Å². The third kappa shape index (κ3) is 5.86. The molecule has 5 aromatic rings. The minimum Gasteiger partial charge on any atom is -0.478 e. The van der Waals surface area contributed by atoms with E-state index in [0.717, 1.165) is 103 Å². The van der Waals surface area contributed by atoms with Crippen molar-refractivity contribution >= 4 is 17.0 Å². The van der Waals surface area contributed by atoms with Crippen LogP contribution in [0.1, 0.15) is 40.7 Å². The van der Waals surface area contributed by atoms with Gasteiger partial charge in [-0.15, -0.1) is 0 Å². The zero-order valence-corrected chi connectivity index (χ0v) is 24.3. The lowest BCUT2D eigenvalue weighted by Gasteiger charge is -2.26. The second kappa shape index (κ2) is 12.3. The van der Waals surface area contributed by atoms with Gasteiger partial charge < -0.3 is 19.0 Å². The van der Waals surface area contributed by atoms with E-state index in [1.54, 1.807) is 12.1 Å². The Kier molecular flexibility index (Phi) is 8.17. The molecular weight excluding hydrogens is 526 g/mol. The highest BCUT2D eigenvalue weighted by molar-refractivity contribution is 5.96. The van der Waals surface area contributed by atoms with Crippen molar-refractivity contribution in [3.63, 3.8) is 0 Å². The van der Waals surface area contributed by atoms with Crippen LogP contribution in [0.15, 0.2) is 73.2 Å². The number of hydrogen-bond donors (Lipinski definition) is 1. The minimum atomic E-state index is -0.920. The van der Waals surface area contributed by atoms with Crippen LogP contribution in [-0.4, -0.2) is 67.9 Å². The zero-order valence-electron chi connectivity index (χ0n) is 24.3. The molecule has 3 heterocycles. The molecule has 0 unspecified atom stereocenters.